The Morgan fingerprint density at radius 2 is 1.51 bits per heavy atom. The molecule has 0 spiro atoms. The van der Waals surface area contributed by atoms with E-state index in [1.165, 1.54) is 10.4 Å². The molecule has 0 radical (unpaired) electrons. The van der Waals surface area contributed by atoms with E-state index in [9.17, 15) is 0 Å². The Morgan fingerprint density at radius 3 is 2.02 bits per heavy atom. The van der Waals surface area contributed by atoms with Crippen LogP contribution in [0.5, 0.6) is 5.75 Å². The zero-order valence-electron chi connectivity index (χ0n) is 24.8. The minimum atomic E-state index is -2.71. The number of benzene rings is 3. The van der Waals surface area contributed by atoms with E-state index in [1.54, 1.807) is 7.11 Å². The molecule has 1 aliphatic heterocycles. The zero-order chi connectivity index (χ0) is 29.3. The lowest BCUT2D eigenvalue weighted by atomic mass is 10.1. The Kier molecular flexibility index (Phi) is 10.8. The maximum absolute atomic E-state index is 7.18. The van der Waals surface area contributed by atoms with E-state index in [2.05, 4.69) is 94.6 Å². The average molecular weight is 573 g/mol. The summed E-state index contributed by atoms with van der Waals surface area (Å²) in [4.78, 5) is 0. The molecule has 0 amide bonds. The number of hydrogen-bond donors (Lipinski definition) is 0. The van der Waals surface area contributed by atoms with E-state index in [0.29, 0.717) is 26.1 Å². The van der Waals surface area contributed by atoms with Crippen molar-refractivity contribution in [2.24, 2.45) is 0 Å². The van der Waals surface area contributed by atoms with E-state index in [0.717, 1.165) is 11.3 Å². The minimum absolute atomic E-state index is 0.123. The highest BCUT2D eigenvalue weighted by Gasteiger charge is 2.50. The monoisotopic (exact) mass is 572 g/mol. The number of methoxy groups -OCH3 is 1. The first-order valence-corrected chi connectivity index (χ1v) is 16.3. The van der Waals surface area contributed by atoms with Crippen LogP contribution in [0.1, 0.15) is 45.5 Å². The maximum atomic E-state index is 7.18. The topological polar surface area (TPSA) is 46.2 Å². The Morgan fingerprint density at radius 1 is 0.902 bits per heavy atom. The summed E-state index contributed by atoms with van der Waals surface area (Å²) in [6.07, 6.45) is 3.91. The van der Waals surface area contributed by atoms with Gasteiger partial charge in [-0.3, -0.25) is 0 Å². The van der Waals surface area contributed by atoms with Crippen LogP contribution in [0.3, 0.4) is 0 Å². The normalized spacial score (nSPS) is 20.2. The summed E-state index contributed by atoms with van der Waals surface area (Å²) < 4.78 is 31.7. The second-order valence-corrected chi connectivity index (χ2v) is 15.7. The molecular formula is C35H44O5Si. The molecule has 4 atom stereocenters. The van der Waals surface area contributed by atoms with Gasteiger partial charge in [-0.2, -0.15) is 0 Å². The SMILES string of the molecule is C=CC[C@H](CO[Si](c1ccccc1)(c1ccccc1)C(C)(C)C)O[C@@H]1CO[C@@H](c2ccc(OC)cc2)O[C@H]1CC=C. The van der Waals surface area contributed by atoms with Gasteiger partial charge in [0.2, 0.25) is 0 Å². The van der Waals surface area contributed by atoms with Crippen molar-refractivity contribution in [3.05, 3.63) is 116 Å². The largest absolute Gasteiger partial charge is 0.497 e. The third-order valence-corrected chi connectivity index (χ3v) is 12.6. The van der Waals surface area contributed by atoms with Crippen LogP contribution in [-0.2, 0) is 18.6 Å². The van der Waals surface area contributed by atoms with Crippen molar-refractivity contribution < 1.29 is 23.4 Å². The average Bonchev–Trinajstić information content (AvgIpc) is 2.99. The fourth-order valence-corrected chi connectivity index (χ4v) is 10.2. The van der Waals surface area contributed by atoms with Crippen molar-refractivity contribution in [3.63, 3.8) is 0 Å². The van der Waals surface area contributed by atoms with Crippen molar-refractivity contribution in [1.82, 2.24) is 0 Å². The van der Waals surface area contributed by atoms with Crippen LogP contribution >= 0.6 is 0 Å². The van der Waals surface area contributed by atoms with E-state index < -0.39 is 14.6 Å². The third kappa shape index (κ3) is 7.26. The number of hydrogen-bond acceptors (Lipinski definition) is 5. The van der Waals surface area contributed by atoms with Gasteiger partial charge >= 0.3 is 0 Å². The van der Waals surface area contributed by atoms with Crippen LogP contribution < -0.4 is 15.1 Å². The van der Waals surface area contributed by atoms with E-state index in [1.807, 2.05) is 36.4 Å². The first-order chi connectivity index (χ1) is 19.8. The predicted octanol–water partition coefficient (Wildman–Crippen LogP) is 6.59. The molecule has 0 aliphatic carbocycles. The van der Waals surface area contributed by atoms with Crippen molar-refractivity contribution in [2.45, 2.75) is 63.3 Å². The van der Waals surface area contributed by atoms with Gasteiger partial charge in [0.15, 0.2) is 6.29 Å². The van der Waals surface area contributed by atoms with Crippen LogP contribution in [0.15, 0.2) is 110 Å². The molecule has 1 heterocycles. The van der Waals surface area contributed by atoms with Crippen molar-refractivity contribution >= 4 is 18.7 Å². The number of ether oxygens (including phenoxy) is 4. The highest BCUT2D eigenvalue weighted by molar-refractivity contribution is 6.99. The Hall–Kier alpha value is -3.00. The van der Waals surface area contributed by atoms with Crippen LogP contribution in [0.2, 0.25) is 5.04 Å². The first-order valence-electron chi connectivity index (χ1n) is 14.4. The fraction of sp³-hybridized carbons (Fsp3) is 0.371. The Bertz CT molecular complexity index is 1180. The van der Waals surface area contributed by atoms with Gasteiger partial charge in [-0.15, -0.1) is 13.2 Å². The summed E-state index contributed by atoms with van der Waals surface area (Å²) in [5, 5.41) is 2.36. The third-order valence-electron chi connectivity index (χ3n) is 7.61. The Balaban J connectivity index is 1.55. The second-order valence-electron chi connectivity index (χ2n) is 11.4. The standard InChI is InChI=1S/C35H44O5Si/c1-7-15-29(39-33-26-37-34(40-32(33)16-8-2)27-21-23-28(36-6)24-22-27)25-38-41(35(3,4)5,30-17-11-9-12-18-30)31-19-13-10-14-20-31/h7-14,17-24,29,32-34H,1-2,15-16,25-26H2,3-6H3/t29-,32+,33-,34-/m1/s1. The highest BCUT2D eigenvalue weighted by atomic mass is 28.4. The molecule has 0 aromatic heterocycles. The highest BCUT2D eigenvalue weighted by Crippen LogP contribution is 2.37. The first kappa shape index (κ1) is 30.9. The second kappa shape index (κ2) is 14.3. The summed E-state index contributed by atoms with van der Waals surface area (Å²) in [6, 6.07) is 29.1. The Labute approximate surface area is 246 Å². The lowest BCUT2D eigenvalue weighted by Crippen LogP contribution is -2.67. The molecule has 218 valence electrons. The smallest absolute Gasteiger partial charge is 0.261 e. The fourth-order valence-electron chi connectivity index (χ4n) is 5.59. The van der Waals surface area contributed by atoms with Crippen molar-refractivity contribution in [2.75, 3.05) is 20.3 Å². The quantitative estimate of drug-likeness (QED) is 0.171. The lowest BCUT2D eigenvalue weighted by Gasteiger charge is -2.44. The summed E-state index contributed by atoms with van der Waals surface area (Å²) in [5.74, 6) is 0.793. The van der Waals surface area contributed by atoms with Gasteiger partial charge in [-0.05, 0) is 40.4 Å². The van der Waals surface area contributed by atoms with E-state index >= 15 is 0 Å². The van der Waals surface area contributed by atoms with Crippen molar-refractivity contribution in [3.8, 4) is 5.75 Å². The van der Waals surface area contributed by atoms with Crippen LogP contribution in [0.25, 0.3) is 0 Å². The van der Waals surface area contributed by atoms with Crippen LogP contribution in [0.4, 0.5) is 0 Å². The van der Waals surface area contributed by atoms with E-state index in [-0.39, 0.29) is 23.4 Å². The molecule has 0 N–H and O–H groups in total. The molecule has 0 unspecified atom stereocenters. The molecule has 1 aliphatic rings. The predicted molar refractivity (Wildman–Crippen MR) is 168 cm³/mol. The molecule has 3 aromatic carbocycles. The van der Waals surface area contributed by atoms with Crippen LogP contribution in [-0.4, -0.2) is 47.0 Å². The van der Waals surface area contributed by atoms with Gasteiger partial charge in [0.05, 0.1) is 32.5 Å². The molecule has 5 nitrogen and oxygen atoms in total. The molecule has 6 heteroatoms. The lowest BCUT2D eigenvalue weighted by molar-refractivity contribution is -0.272. The maximum Gasteiger partial charge on any atom is 0.261 e. The van der Waals surface area contributed by atoms with Gasteiger partial charge < -0.3 is 23.4 Å². The van der Waals surface area contributed by atoms with Crippen molar-refractivity contribution in [1.29, 1.82) is 0 Å². The summed E-state index contributed by atoms with van der Waals surface area (Å²) in [7, 11) is -1.05. The molecule has 4 rings (SSSR count). The summed E-state index contributed by atoms with van der Waals surface area (Å²) in [6.45, 7) is 15.7. The number of rotatable bonds is 13. The minimum Gasteiger partial charge on any atom is -0.497 e. The molecule has 1 fully saturated rings. The zero-order valence-corrected chi connectivity index (χ0v) is 25.8. The van der Waals surface area contributed by atoms with Gasteiger partial charge in [-0.1, -0.05) is 106 Å². The summed E-state index contributed by atoms with van der Waals surface area (Å²) >= 11 is 0. The van der Waals surface area contributed by atoms with E-state index in [4.69, 9.17) is 23.4 Å². The van der Waals surface area contributed by atoms with Gasteiger partial charge in [0, 0.05) is 5.56 Å². The van der Waals surface area contributed by atoms with Gasteiger partial charge in [0.1, 0.15) is 11.9 Å². The molecular weight excluding hydrogens is 528 g/mol. The summed E-state index contributed by atoms with van der Waals surface area (Å²) in [5.41, 5.74) is 0.941. The molecule has 0 saturated carbocycles. The molecule has 41 heavy (non-hydrogen) atoms. The molecule has 3 aromatic rings. The molecule has 1 saturated heterocycles. The molecule has 0 bridgehead atoms. The van der Waals surface area contributed by atoms with Gasteiger partial charge in [0.25, 0.3) is 8.32 Å². The van der Waals surface area contributed by atoms with Gasteiger partial charge in [-0.25, -0.2) is 0 Å². The van der Waals surface area contributed by atoms with Crippen LogP contribution in [0, 0.1) is 0 Å².